The van der Waals surface area contributed by atoms with Gasteiger partial charge in [-0.25, -0.2) is 0 Å². The summed E-state index contributed by atoms with van der Waals surface area (Å²) in [4.78, 5) is 14.5. The Morgan fingerprint density at radius 1 is 1.12 bits per heavy atom. The fraction of sp³-hybridized carbons (Fsp3) is 0.450. The van der Waals surface area contributed by atoms with E-state index in [1.807, 2.05) is 0 Å². The SMILES string of the molecule is CCCN(CCC)CCOc1cc(NC(=O)c2ccco2)ccc1OC. The van der Waals surface area contributed by atoms with Crippen molar-refractivity contribution in [2.24, 2.45) is 0 Å². The van der Waals surface area contributed by atoms with Gasteiger partial charge in [-0.3, -0.25) is 9.69 Å². The molecule has 0 atom stereocenters. The molecule has 0 aliphatic rings. The molecule has 142 valence electrons. The summed E-state index contributed by atoms with van der Waals surface area (Å²) in [6.07, 6.45) is 3.71. The normalized spacial score (nSPS) is 10.8. The molecule has 1 aromatic heterocycles. The number of amides is 1. The van der Waals surface area contributed by atoms with E-state index in [-0.39, 0.29) is 11.7 Å². The van der Waals surface area contributed by atoms with Gasteiger partial charge in [0.25, 0.3) is 5.91 Å². The zero-order valence-corrected chi connectivity index (χ0v) is 15.8. The van der Waals surface area contributed by atoms with Crippen molar-refractivity contribution < 1.29 is 18.7 Å². The van der Waals surface area contributed by atoms with Gasteiger partial charge in [0, 0.05) is 18.3 Å². The Bertz CT molecular complexity index is 664. The van der Waals surface area contributed by atoms with Crippen LogP contribution in [0.1, 0.15) is 37.2 Å². The molecule has 2 aromatic rings. The van der Waals surface area contributed by atoms with E-state index >= 15 is 0 Å². The van der Waals surface area contributed by atoms with E-state index in [0.29, 0.717) is 23.8 Å². The topological polar surface area (TPSA) is 63.9 Å². The molecule has 6 heteroatoms. The van der Waals surface area contributed by atoms with Gasteiger partial charge in [0.15, 0.2) is 17.3 Å². The average Bonchev–Trinajstić information content (AvgIpc) is 3.17. The Morgan fingerprint density at radius 3 is 2.50 bits per heavy atom. The zero-order chi connectivity index (χ0) is 18.8. The number of furan rings is 1. The Kier molecular flexibility index (Phi) is 8.02. The minimum atomic E-state index is -0.303. The van der Waals surface area contributed by atoms with Gasteiger partial charge in [-0.05, 0) is 50.2 Å². The number of rotatable bonds is 11. The van der Waals surface area contributed by atoms with Gasteiger partial charge >= 0.3 is 0 Å². The van der Waals surface area contributed by atoms with Crippen LogP contribution in [0.5, 0.6) is 11.5 Å². The molecule has 0 saturated heterocycles. The third-order valence-corrected chi connectivity index (χ3v) is 3.91. The largest absolute Gasteiger partial charge is 0.493 e. The smallest absolute Gasteiger partial charge is 0.291 e. The number of carbonyl (C=O) groups is 1. The molecule has 1 N–H and O–H groups in total. The molecule has 0 radical (unpaired) electrons. The van der Waals surface area contributed by atoms with Crippen LogP contribution >= 0.6 is 0 Å². The lowest BCUT2D eigenvalue weighted by Gasteiger charge is -2.21. The summed E-state index contributed by atoms with van der Waals surface area (Å²) in [5.41, 5.74) is 0.626. The van der Waals surface area contributed by atoms with E-state index in [1.165, 1.54) is 6.26 Å². The van der Waals surface area contributed by atoms with Crippen molar-refractivity contribution in [2.45, 2.75) is 26.7 Å². The van der Waals surface area contributed by atoms with Crippen LogP contribution in [0.3, 0.4) is 0 Å². The van der Waals surface area contributed by atoms with E-state index in [2.05, 4.69) is 24.1 Å². The molecule has 0 aliphatic carbocycles. The van der Waals surface area contributed by atoms with Gasteiger partial charge in [-0.1, -0.05) is 13.8 Å². The van der Waals surface area contributed by atoms with Gasteiger partial charge in [-0.15, -0.1) is 0 Å². The molecule has 0 spiro atoms. The molecule has 26 heavy (non-hydrogen) atoms. The van der Waals surface area contributed by atoms with E-state index in [4.69, 9.17) is 13.9 Å². The highest BCUT2D eigenvalue weighted by molar-refractivity contribution is 6.02. The average molecular weight is 360 g/mol. The number of hydrogen-bond acceptors (Lipinski definition) is 5. The van der Waals surface area contributed by atoms with Crippen molar-refractivity contribution in [2.75, 3.05) is 38.7 Å². The summed E-state index contributed by atoms with van der Waals surface area (Å²) in [5.74, 6) is 1.21. The molecular weight excluding hydrogens is 332 g/mol. The van der Waals surface area contributed by atoms with Crippen LogP contribution in [-0.4, -0.2) is 44.2 Å². The summed E-state index contributed by atoms with van der Waals surface area (Å²) in [7, 11) is 1.60. The maximum atomic E-state index is 12.1. The first kappa shape index (κ1) is 19.8. The number of anilines is 1. The molecule has 0 fully saturated rings. The first-order valence-corrected chi connectivity index (χ1v) is 9.06. The van der Waals surface area contributed by atoms with Crippen molar-refractivity contribution in [1.29, 1.82) is 0 Å². The number of hydrogen-bond donors (Lipinski definition) is 1. The van der Waals surface area contributed by atoms with E-state index in [1.54, 1.807) is 37.4 Å². The lowest BCUT2D eigenvalue weighted by Crippen LogP contribution is -2.30. The third kappa shape index (κ3) is 5.81. The van der Waals surface area contributed by atoms with E-state index < -0.39 is 0 Å². The maximum Gasteiger partial charge on any atom is 0.291 e. The third-order valence-electron chi connectivity index (χ3n) is 3.91. The van der Waals surface area contributed by atoms with Crippen LogP contribution in [0, 0.1) is 0 Å². The Balaban J connectivity index is 1.98. The van der Waals surface area contributed by atoms with Crippen LogP contribution in [0.25, 0.3) is 0 Å². The van der Waals surface area contributed by atoms with Gasteiger partial charge in [-0.2, -0.15) is 0 Å². The van der Waals surface area contributed by atoms with E-state index in [9.17, 15) is 4.79 Å². The Morgan fingerprint density at radius 2 is 1.88 bits per heavy atom. The second-order valence-electron chi connectivity index (χ2n) is 5.99. The predicted octanol–water partition coefficient (Wildman–Crippen LogP) is 4.04. The molecule has 0 aliphatic heterocycles. The summed E-state index contributed by atoms with van der Waals surface area (Å²) in [6.45, 7) is 7.90. The molecule has 0 unspecified atom stereocenters. The molecular formula is C20H28N2O4. The lowest BCUT2D eigenvalue weighted by atomic mass is 10.2. The van der Waals surface area contributed by atoms with Crippen LogP contribution in [0.2, 0.25) is 0 Å². The fourth-order valence-electron chi connectivity index (χ4n) is 2.72. The van der Waals surface area contributed by atoms with Crippen LogP contribution < -0.4 is 14.8 Å². The zero-order valence-electron chi connectivity index (χ0n) is 15.8. The van der Waals surface area contributed by atoms with E-state index in [0.717, 1.165) is 32.5 Å². The van der Waals surface area contributed by atoms with Gasteiger partial charge in [0.1, 0.15) is 6.61 Å². The molecule has 1 aromatic carbocycles. The number of benzene rings is 1. The van der Waals surface area contributed by atoms with Crippen LogP contribution in [0.4, 0.5) is 5.69 Å². The maximum absolute atomic E-state index is 12.1. The number of ether oxygens (including phenoxy) is 2. The summed E-state index contributed by atoms with van der Waals surface area (Å²) < 4.78 is 16.4. The lowest BCUT2D eigenvalue weighted by molar-refractivity contribution is 0.0996. The fourth-order valence-corrected chi connectivity index (χ4v) is 2.72. The van der Waals surface area contributed by atoms with Gasteiger partial charge in [0.05, 0.1) is 13.4 Å². The number of carbonyl (C=O) groups excluding carboxylic acids is 1. The quantitative estimate of drug-likeness (QED) is 0.655. The first-order valence-electron chi connectivity index (χ1n) is 9.06. The highest BCUT2D eigenvalue weighted by Crippen LogP contribution is 2.30. The molecule has 1 heterocycles. The van der Waals surface area contributed by atoms with Crippen molar-refractivity contribution >= 4 is 11.6 Å². The van der Waals surface area contributed by atoms with Crippen molar-refractivity contribution in [3.63, 3.8) is 0 Å². The van der Waals surface area contributed by atoms with Crippen molar-refractivity contribution in [3.8, 4) is 11.5 Å². The molecule has 1 amide bonds. The van der Waals surface area contributed by atoms with Crippen LogP contribution in [-0.2, 0) is 0 Å². The molecule has 2 rings (SSSR count). The summed E-state index contributed by atoms with van der Waals surface area (Å²) in [6, 6.07) is 8.61. The Labute approximate surface area is 155 Å². The highest BCUT2D eigenvalue weighted by atomic mass is 16.5. The number of nitrogens with one attached hydrogen (secondary N) is 1. The van der Waals surface area contributed by atoms with Crippen LogP contribution in [0.15, 0.2) is 41.0 Å². The predicted molar refractivity (Wildman–Crippen MR) is 102 cm³/mol. The number of methoxy groups -OCH3 is 1. The number of nitrogens with zero attached hydrogens (tertiary/aromatic N) is 1. The monoisotopic (exact) mass is 360 g/mol. The second kappa shape index (κ2) is 10.5. The van der Waals surface area contributed by atoms with Crippen molar-refractivity contribution in [1.82, 2.24) is 4.90 Å². The summed E-state index contributed by atoms with van der Waals surface area (Å²) >= 11 is 0. The van der Waals surface area contributed by atoms with Gasteiger partial charge < -0.3 is 19.2 Å². The van der Waals surface area contributed by atoms with Crippen molar-refractivity contribution in [3.05, 3.63) is 42.4 Å². The highest BCUT2D eigenvalue weighted by Gasteiger charge is 2.12. The minimum Gasteiger partial charge on any atom is -0.493 e. The Hall–Kier alpha value is -2.47. The first-order chi connectivity index (χ1) is 12.7. The molecule has 0 bridgehead atoms. The second-order valence-corrected chi connectivity index (χ2v) is 5.99. The van der Waals surface area contributed by atoms with Gasteiger partial charge in [0.2, 0.25) is 0 Å². The minimum absolute atomic E-state index is 0.262. The molecule has 6 nitrogen and oxygen atoms in total. The standard InChI is InChI=1S/C20H28N2O4/c1-4-10-22(11-5-2)12-14-26-19-15-16(8-9-17(19)24-3)21-20(23)18-7-6-13-25-18/h6-9,13,15H,4-5,10-12,14H2,1-3H3,(H,21,23). The molecule has 0 saturated carbocycles. The summed E-state index contributed by atoms with van der Waals surface area (Å²) in [5, 5.41) is 2.80.